The van der Waals surface area contributed by atoms with Gasteiger partial charge in [-0.15, -0.1) is 0 Å². The van der Waals surface area contributed by atoms with Crippen molar-refractivity contribution in [2.45, 2.75) is 12.5 Å². The van der Waals surface area contributed by atoms with Crippen LogP contribution in [0.5, 0.6) is 0 Å². The third-order valence-electron chi connectivity index (χ3n) is 4.09. The Labute approximate surface area is 151 Å². The summed E-state index contributed by atoms with van der Waals surface area (Å²) in [6, 6.07) is 24.7. The lowest BCUT2D eigenvalue weighted by Crippen LogP contribution is -2.16. The predicted octanol–water partition coefficient (Wildman–Crippen LogP) is 5.02. The molecule has 0 aliphatic carbocycles. The number of ketones is 1. The van der Waals surface area contributed by atoms with Crippen molar-refractivity contribution in [2.75, 3.05) is 5.32 Å². The molecule has 0 amide bonds. The van der Waals surface area contributed by atoms with E-state index in [0.29, 0.717) is 11.3 Å². The summed E-state index contributed by atoms with van der Waals surface area (Å²) in [5.41, 5.74) is 2.21. The Balaban J connectivity index is 1.86. The summed E-state index contributed by atoms with van der Waals surface area (Å²) in [4.78, 5) is 23.2. The molecule has 0 saturated heterocycles. The Hall–Kier alpha value is -3.47. The highest BCUT2D eigenvalue weighted by Crippen LogP contribution is 2.26. The van der Waals surface area contributed by atoms with Gasteiger partial charge in [-0.05, 0) is 11.6 Å². The van der Waals surface area contributed by atoms with Crippen LogP contribution in [-0.4, -0.2) is 10.7 Å². The highest BCUT2D eigenvalue weighted by Gasteiger charge is 2.18. The summed E-state index contributed by atoms with van der Waals surface area (Å²) in [5, 5.41) is 14.3. The Morgan fingerprint density at radius 3 is 2.23 bits per heavy atom. The van der Waals surface area contributed by atoms with Crippen molar-refractivity contribution in [3.05, 3.63) is 106 Å². The van der Waals surface area contributed by atoms with Gasteiger partial charge in [-0.1, -0.05) is 66.7 Å². The number of carbonyl (C=O) groups is 1. The zero-order chi connectivity index (χ0) is 18.4. The van der Waals surface area contributed by atoms with Crippen LogP contribution >= 0.6 is 0 Å². The highest BCUT2D eigenvalue weighted by molar-refractivity contribution is 5.96. The first-order chi connectivity index (χ1) is 12.6. The molecule has 3 aromatic carbocycles. The summed E-state index contributed by atoms with van der Waals surface area (Å²) in [5.74, 6) is 0.0115. The van der Waals surface area contributed by atoms with Crippen LogP contribution in [0.25, 0.3) is 0 Å². The molecule has 0 heterocycles. The normalized spacial score (nSPS) is 11.5. The Morgan fingerprint density at radius 2 is 1.58 bits per heavy atom. The molecule has 1 atom stereocenters. The van der Waals surface area contributed by atoms with Crippen molar-refractivity contribution >= 4 is 17.2 Å². The number of nitrogens with one attached hydrogen (secondary N) is 1. The molecule has 26 heavy (non-hydrogen) atoms. The fraction of sp³-hybridized carbons (Fsp3) is 0.0952. The lowest BCUT2D eigenvalue weighted by Gasteiger charge is -2.20. The van der Waals surface area contributed by atoms with Crippen molar-refractivity contribution in [3.8, 4) is 0 Å². The minimum atomic E-state index is -0.433. The standard InChI is InChI=1S/C21H18N2O3/c24-21(17-10-5-2-6-11-17)15-20(16-8-3-1-4-9-16)22-18-12-7-13-19(14-18)23(25)26/h1-14,20,22H,15H2. The lowest BCUT2D eigenvalue weighted by molar-refractivity contribution is -0.384. The molecule has 3 rings (SSSR count). The number of benzene rings is 3. The molecule has 3 aromatic rings. The maximum absolute atomic E-state index is 12.6. The van der Waals surface area contributed by atoms with Gasteiger partial charge in [0.1, 0.15) is 0 Å². The maximum atomic E-state index is 12.6. The molecule has 0 spiro atoms. The average Bonchev–Trinajstić information content (AvgIpc) is 2.69. The molecule has 5 heteroatoms. The van der Waals surface area contributed by atoms with Gasteiger partial charge in [0.15, 0.2) is 5.78 Å². The molecule has 0 saturated carbocycles. The summed E-state index contributed by atoms with van der Waals surface area (Å²) in [6.45, 7) is 0. The molecule has 0 aromatic heterocycles. The van der Waals surface area contributed by atoms with E-state index in [2.05, 4.69) is 5.32 Å². The van der Waals surface area contributed by atoms with Crippen LogP contribution in [0.1, 0.15) is 28.4 Å². The largest absolute Gasteiger partial charge is 0.378 e. The van der Waals surface area contributed by atoms with E-state index >= 15 is 0 Å². The molecule has 0 aliphatic rings. The van der Waals surface area contributed by atoms with Crippen LogP contribution in [0, 0.1) is 10.1 Å². The lowest BCUT2D eigenvalue weighted by atomic mass is 9.97. The first-order valence-corrected chi connectivity index (χ1v) is 8.27. The first-order valence-electron chi connectivity index (χ1n) is 8.27. The minimum absolute atomic E-state index is 0.0104. The summed E-state index contributed by atoms with van der Waals surface area (Å²) < 4.78 is 0. The van der Waals surface area contributed by atoms with E-state index < -0.39 is 4.92 Å². The Bertz CT molecular complexity index is 895. The predicted molar refractivity (Wildman–Crippen MR) is 101 cm³/mol. The molecule has 0 aliphatic heterocycles. The summed E-state index contributed by atoms with van der Waals surface area (Å²) in [6.07, 6.45) is 0.247. The van der Waals surface area contributed by atoms with E-state index in [1.54, 1.807) is 24.3 Å². The van der Waals surface area contributed by atoms with E-state index in [0.717, 1.165) is 5.56 Å². The van der Waals surface area contributed by atoms with Crippen LogP contribution in [-0.2, 0) is 0 Å². The van der Waals surface area contributed by atoms with Crippen LogP contribution in [0.4, 0.5) is 11.4 Å². The topological polar surface area (TPSA) is 72.2 Å². The van der Waals surface area contributed by atoms with Gasteiger partial charge in [-0.3, -0.25) is 14.9 Å². The summed E-state index contributed by atoms with van der Waals surface area (Å²) in [7, 11) is 0. The number of Topliss-reactive ketones (excluding diaryl/α,β-unsaturated/α-hetero) is 1. The van der Waals surface area contributed by atoms with Crippen LogP contribution in [0.3, 0.4) is 0 Å². The van der Waals surface area contributed by atoms with E-state index in [1.807, 2.05) is 48.5 Å². The number of carbonyl (C=O) groups excluding carboxylic acids is 1. The van der Waals surface area contributed by atoms with Crippen molar-refractivity contribution < 1.29 is 9.72 Å². The molecular weight excluding hydrogens is 328 g/mol. The second-order valence-corrected chi connectivity index (χ2v) is 5.91. The molecule has 0 bridgehead atoms. The Morgan fingerprint density at radius 1 is 0.923 bits per heavy atom. The fourth-order valence-corrected chi connectivity index (χ4v) is 2.78. The fourth-order valence-electron chi connectivity index (χ4n) is 2.78. The van der Waals surface area contributed by atoms with Gasteiger partial charge in [0.05, 0.1) is 11.0 Å². The van der Waals surface area contributed by atoms with Gasteiger partial charge in [-0.25, -0.2) is 0 Å². The monoisotopic (exact) mass is 346 g/mol. The van der Waals surface area contributed by atoms with Crippen molar-refractivity contribution in [3.63, 3.8) is 0 Å². The third kappa shape index (κ3) is 4.33. The van der Waals surface area contributed by atoms with Crippen molar-refractivity contribution in [1.29, 1.82) is 0 Å². The third-order valence-corrected chi connectivity index (χ3v) is 4.09. The summed E-state index contributed by atoms with van der Waals surface area (Å²) >= 11 is 0. The van der Waals surface area contributed by atoms with Crippen LogP contribution < -0.4 is 5.32 Å². The average molecular weight is 346 g/mol. The van der Waals surface area contributed by atoms with Crippen LogP contribution in [0.2, 0.25) is 0 Å². The molecule has 1 unspecified atom stereocenters. The number of hydrogen-bond acceptors (Lipinski definition) is 4. The number of nitro groups is 1. The van der Waals surface area contributed by atoms with Gasteiger partial charge in [0, 0.05) is 29.8 Å². The second-order valence-electron chi connectivity index (χ2n) is 5.91. The van der Waals surface area contributed by atoms with Crippen molar-refractivity contribution in [1.82, 2.24) is 0 Å². The molecule has 0 radical (unpaired) electrons. The molecule has 1 N–H and O–H groups in total. The minimum Gasteiger partial charge on any atom is -0.378 e. The maximum Gasteiger partial charge on any atom is 0.271 e. The Kier molecular flexibility index (Phi) is 5.39. The quantitative estimate of drug-likeness (QED) is 0.370. The van der Waals surface area contributed by atoms with Gasteiger partial charge < -0.3 is 5.32 Å². The van der Waals surface area contributed by atoms with E-state index in [1.165, 1.54) is 12.1 Å². The van der Waals surface area contributed by atoms with Crippen molar-refractivity contribution in [2.24, 2.45) is 0 Å². The number of rotatable bonds is 7. The van der Waals surface area contributed by atoms with Gasteiger partial charge >= 0.3 is 0 Å². The molecule has 0 fully saturated rings. The zero-order valence-electron chi connectivity index (χ0n) is 14.0. The number of anilines is 1. The number of non-ortho nitro benzene ring substituents is 1. The SMILES string of the molecule is O=C(CC(Nc1cccc([N+](=O)[O-])c1)c1ccccc1)c1ccccc1. The number of hydrogen-bond donors (Lipinski definition) is 1. The zero-order valence-corrected chi connectivity index (χ0v) is 14.0. The van der Waals surface area contributed by atoms with E-state index in [4.69, 9.17) is 0 Å². The number of nitrogens with zero attached hydrogens (tertiary/aromatic N) is 1. The second kappa shape index (κ2) is 8.07. The molecule has 130 valence electrons. The van der Waals surface area contributed by atoms with Gasteiger partial charge in [-0.2, -0.15) is 0 Å². The van der Waals surface area contributed by atoms with E-state index in [-0.39, 0.29) is 23.9 Å². The van der Waals surface area contributed by atoms with Crippen LogP contribution in [0.15, 0.2) is 84.9 Å². The first kappa shape index (κ1) is 17.4. The molecular formula is C21H18N2O3. The van der Waals surface area contributed by atoms with Gasteiger partial charge in [0.2, 0.25) is 0 Å². The highest BCUT2D eigenvalue weighted by atomic mass is 16.6. The number of nitro benzene ring substituents is 1. The smallest absolute Gasteiger partial charge is 0.271 e. The van der Waals surface area contributed by atoms with Gasteiger partial charge in [0.25, 0.3) is 5.69 Å². The molecule has 5 nitrogen and oxygen atoms in total. The van der Waals surface area contributed by atoms with E-state index in [9.17, 15) is 14.9 Å².